The molecule has 2 fully saturated rings. The molecular weight excluding hydrogens is 571 g/mol. The lowest BCUT2D eigenvalue weighted by Gasteiger charge is -2.31. The number of rotatable bonds is 11. The summed E-state index contributed by atoms with van der Waals surface area (Å²) in [4.78, 5) is 22.3. The number of hydrogen-bond acceptors (Lipinski definition) is 7. The van der Waals surface area contributed by atoms with Gasteiger partial charge in [0.25, 0.3) is 0 Å². The molecule has 2 saturated carbocycles. The Morgan fingerprint density at radius 1 is 1.07 bits per heavy atom. The van der Waals surface area contributed by atoms with Crippen molar-refractivity contribution in [2.75, 3.05) is 17.2 Å². The Morgan fingerprint density at radius 2 is 1.77 bits per heavy atom. The Kier molecular flexibility index (Phi) is 8.01. The monoisotopic (exact) mass is 607 g/mol. The van der Waals surface area contributed by atoms with Crippen LogP contribution in [0.1, 0.15) is 69.4 Å². The quantitative estimate of drug-likeness (QED) is 0.191. The highest BCUT2D eigenvalue weighted by Gasteiger charge is 2.53. The van der Waals surface area contributed by atoms with Crippen LogP contribution in [0.4, 0.5) is 21.8 Å². The van der Waals surface area contributed by atoms with Gasteiger partial charge in [-0.05, 0) is 98.5 Å². The summed E-state index contributed by atoms with van der Waals surface area (Å²) in [5.74, 6) is 0.519. The fourth-order valence-electron chi connectivity index (χ4n) is 5.73. The van der Waals surface area contributed by atoms with Crippen LogP contribution in [0, 0.1) is 5.82 Å². The molecule has 0 unspecified atom stereocenters. The normalized spacial score (nSPS) is 20.6. The zero-order valence-corrected chi connectivity index (χ0v) is 24.8. The van der Waals surface area contributed by atoms with Gasteiger partial charge in [0.2, 0.25) is 15.9 Å². The predicted octanol–water partition coefficient (Wildman–Crippen LogP) is 4.08. The standard InChI is InChI=1S/C31H35FN6O4S/c1-2-3-18-33-30-34-19-26-27(38(28(26)36-30)23-10-12-24(39)13-11-23)20-4-14-25(15-5-20)43(41,42)37-31(16-17-31)29(40)35-22-8-6-21(32)7-9-22/h4-9,14-15,19,23-24,37,39H,2-3,10-13,16-18H2,1H3,(H,35,40)/p+1. The molecule has 1 aromatic heterocycles. The van der Waals surface area contributed by atoms with E-state index in [0.717, 1.165) is 67.7 Å². The summed E-state index contributed by atoms with van der Waals surface area (Å²) >= 11 is 0. The largest absolute Gasteiger partial charge is 0.393 e. The number of carbonyl (C=O) groups is 1. The molecule has 0 atom stereocenters. The molecule has 1 aliphatic heterocycles. The molecule has 1 amide bonds. The molecule has 2 aromatic carbocycles. The summed E-state index contributed by atoms with van der Waals surface area (Å²) in [7, 11) is -4.00. The lowest BCUT2D eigenvalue weighted by Crippen LogP contribution is -2.46. The first-order valence-electron chi connectivity index (χ1n) is 14.9. The van der Waals surface area contributed by atoms with Gasteiger partial charge in [-0.3, -0.25) is 4.79 Å². The van der Waals surface area contributed by atoms with Gasteiger partial charge in [0.1, 0.15) is 23.0 Å². The van der Waals surface area contributed by atoms with E-state index in [-0.39, 0.29) is 17.0 Å². The first-order chi connectivity index (χ1) is 20.7. The molecule has 0 radical (unpaired) electrons. The van der Waals surface area contributed by atoms with Gasteiger partial charge in [-0.25, -0.2) is 17.4 Å². The van der Waals surface area contributed by atoms with Crippen molar-refractivity contribution in [2.45, 2.75) is 80.9 Å². The van der Waals surface area contributed by atoms with Gasteiger partial charge >= 0.3 is 11.8 Å². The summed E-state index contributed by atoms with van der Waals surface area (Å²) < 4.78 is 44.7. The molecular formula is C31H36FN6O4S+. The average molecular weight is 608 g/mol. The maximum atomic E-state index is 13.3. The van der Waals surface area contributed by atoms with Crippen molar-refractivity contribution in [3.05, 3.63) is 71.7 Å². The number of nitrogens with one attached hydrogen (secondary N) is 3. The number of hydrogen-bond donors (Lipinski definition) is 4. The molecule has 4 N–H and O–H groups in total. The van der Waals surface area contributed by atoms with E-state index in [4.69, 9.17) is 4.98 Å². The fraction of sp³-hybridized carbons (Fsp3) is 0.419. The third-order valence-electron chi connectivity index (χ3n) is 8.39. The van der Waals surface area contributed by atoms with E-state index in [0.29, 0.717) is 24.5 Å². The number of unbranched alkanes of at least 4 members (excludes halogenated alkanes) is 1. The lowest BCUT2D eigenvalue weighted by molar-refractivity contribution is -0.504. The number of aliphatic hydroxyl groups excluding tert-OH is 1. The third-order valence-corrected chi connectivity index (χ3v) is 9.94. The van der Waals surface area contributed by atoms with Crippen molar-refractivity contribution in [1.82, 2.24) is 14.7 Å². The molecule has 3 aliphatic rings. The smallest absolute Gasteiger partial charge is 0.341 e. The van der Waals surface area contributed by atoms with Crippen molar-refractivity contribution in [2.24, 2.45) is 0 Å². The molecule has 0 spiro atoms. The molecule has 6 rings (SSSR count). The minimum absolute atomic E-state index is 0.0521. The second kappa shape index (κ2) is 11.7. The topological polar surface area (TPSA) is 136 Å². The van der Waals surface area contributed by atoms with Crippen molar-refractivity contribution < 1.29 is 27.3 Å². The van der Waals surface area contributed by atoms with Gasteiger partial charge in [-0.1, -0.05) is 13.3 Å². The molecule has 2 heterocycles. The Bertz CT molecular complexity index is 1650. The molecule has 0 bridgehead atoms. The van der Waals surface area contributed by atoms with Crippen LogP contribution in [-0.2, 0) is 14.8 Å². The van der Waals surface area contributed by atoms with Crippen LogP contribution < -0.4 is 15.4 Å². The number of sulfonamides is 1. The van der Waals surface area contributed by atoms with E-state index in [1.165, 1.54) is 24.3 Å². The van der Waals surface area contributed by atoms with Gasteiger partial charge < -0.3 is 15.7 Å². The Hall–Kier alpha value is -3.74. The van der Waals surface area contributed by atoms with E-state index < -0.39 is 27.3 Å². The van der Waals surface area contributed by atoms with E-state index in [9.17, 15) is 22.7 Å². The van der Waals surface area contributed by atoms with Crippen LogP contribution in [0.2, 0.25) is 0 Å². The van der Waals surface area contributed by atoms with E-state index in [2.05, 4.69) is 31.8 Å². The van der Waals surface area contributed by atoms with Crippen molar-refractivity contribution in [3.63, 3.8) is 0 Å². The van der Waals surface area contributed by atoms with E-state index in [1.54, 1.807) is 24.3 Å². The zero-order chi connectivity index (χ0) is 30.2. The van der Waals surface area contributed by atoms with Crippen molar-refractivity contribution >= 4 is 39.1 Å². The Labute approximate surface area is 250 Å². The van der Waals surface area contributed by atoms with Crippen LogP contribution >= 0.6 is 0 Å². The summed E-state index contributed by atoms with van der Waals surface area (Å²) in [6.45, 7) is 2.92. The molecule has 12 heteroatoms. The summed E-state index contributed by atoms with van der Waals surface area (Å²) in [6, 6.07) is 12.1. The maximum absolute atomic E-state index is 13.3. The fourth-order valence-corrected chi connectivity index (χ4v) is 7.15. The van der Waals surface area contributed by atoms with Gasteiger partial charge in [-0.15, -0.1) is 0 Å². The van der Waals surface area contributed by atoms with E-state index >= 15 is 0 Å². The van der Waals surface area contributed by atoms with Crippen LogP contribution in [0.3, 0.4) is 0 Å². The highest BCUT2D eigenvalue weighted by atomic mass is 32.2. The first kappa shape index (κ1) is 29.3. The molecule has 43 heavy (non-hydrogen) atoms. The Balaban J connectivity index is 1.22. The highest BCUT2D eigenvalue weighted by Crippen LogP contribution is 2.39. The average Bonchev–Trinajstić information content (AvgIpc) is 3.77. The van der Waals surface area contributed by atoms with Crippen LogP contribution in [0.15, 0.2) is 59.6 Å². The minimum atomic E-state index is -4.00. The second-order valence-electron chi connectivity index (χ2n) is 11.6. The minimum Gasteiger partial charge on any atom is -0.393 e. The summed E-state index contributed by atoms with van der Waals surface area (Å²) in [5.41, 5.74) is 1.82. The predicted molar refractivity (Wildman–Crippen MR) is 161 cm³/mol. The summed E-state index contributed by atoms with van der Waals surface area (Å²) in [5, 5.41) is 16.1. The summed E-state index contributed by atoms with van der Waals surface area (Å²) in [6.07, 6.45) is 7.43. The number of halogens is 1. The van der Waals surface area contributed by atoms with Crippen LogP contribution in [0.5, 0.6) is 0 Å². The molecule has 10 nitrogen and oxygen atoms in total. The van der Waals surface area contributed by atoms with Gasteiger partial charge in [0.05, 0.1) is 17.2 Å². The highest BCUT2D eigenvalue weighted by molar-refractivity contribution is 7.89. The van der Waals surface area contributed by atoms with Crippen molar-refractivity contribution in [3.8, 4) is 0 Å². The zero-order valence-electron chi connectivity index (χ0n) is 24.0. The molecule has 0 saturated heterocycles. The molecule has 226 valence electrons. The van der Waals surface area contributed by atoms with E-state index in [1.807, 2.05) is 6.20 Å². The van der Waals surface area contributed by atoms with Crippen LogP contribution in [0.25, 0.3) is 0 Å². The number of amides is 1. The SMILES string of the molecule is CCCCNc1ncc2c(n1)[N+](C1CCC(O)CC1)=C2c1ccc(S(=O)(=O)NC2(C(=O)Nc3ccc(F)cc3)CC2)cc1. The second-order valence-corrected chi connectivity index (χ2v) is 13.2. The molecule has 3 aromatic rings. The van der Waals surface area contributed by atoms with Crippen molar-refractivity contribution in [1.29, 1.82) is 0 Å². The number of anilines is 2. The van der Waals surface area contributed by atoms with Crippen LogP contribution in [-0.4, -0.2) is 63.9 Å². The maximum Gasteiger partial charge on any atom is 0.341 e. The van der Waals surface area contributed by atoms with Gasteiger partial charge in [0, 0.05) is 17.8 Å². The lowest BCUT2D eigenvalue weighted by atomic mass is 9.88. The van der Waals surface area contributed by atoms with Gasteiger partial charge in [-0.2, -0.15) is 9.71 Å². The number of fused-ring (bicyclic) bond motifs is 1. The molecule has 2 aliphatic carbocycles. The number of carbonyl (C=O) groups excluding carboxylic acids is 1. The number of nitrogens with zero attached hydrogens (tertiary/aromatic N) is 3. The first-order valence-corrected chi connectivity index (χ1v) is 16.3. The number of benzene rings is 2. The number of aliphatic hydroxyl groups is 1. The third kappa shape index (κ3) is 6.04. The van der Waals surface area contributed by atoms with Gasteiger partial charge in [0.15, 0.2) is 5.71 Å². The number of aromatic nitrogens is 2. The Morgan fingerprint density at radius 3 is 2.42 bits per heavy atom.